The molecule has 0 spiro atoms. The maximum atomic E-state index is 11.2. The average molecular weight is 479 g/mol. The lowest BCUT2D eigenvalue weighted by Gasteiger charge is -2.30. The molecule has 0 saturated carbocycles. The fourth-order valence-electron chi connectivity index (χ4n) is 3.74. The quantitative estimate of drug-likeness (QED) is 0.381. The Morgan fingerprint density at radius 1 is 1.00 bits per heavy atom. The lowest BCUT2D eigenvalue weighted by molar-refractivity contribution is 0.0697. The zero-order valence-electron chi connectivity index (χ0n) is 19.0. The second-order valence-corrected chi connectivity index (χ2v) is 7.97. The Balaban J connectivity index is 1.32. The van der Waals surface area contributed by atoms with Crippen molar-refractivity contribution in [2.24, 2.45) is 5.10 Å². The Kier molecular flexibility index (Phi) is 6.82. The summed E-state index contributed by atoms with van der Waals surface area (Å²) in [6.45, 7) is 4.57. The summed E-state index contributed by atoms with van der Waals surface area (Å²) in [5.74, 6) is 1.42. The molecule has 2 aliphatic rings. The fourth-order valence-corrected chi connectivity index (χ4v) is 3.74. The first-order chi connectivity index (χ1) is 17.2. The SMILES string of the molecule is O=C(O)c1cccc(-c2ccc(C=NNc3nc(N4CCOCC4)nc(N4CCCOC4)n3)o2)c1. The summed E-state index contributed by atoms with van der Waals surface area (Å²) >= 11 is 0. The van der Waals surface area contributed by atoms with Crippen LogP contribution in [0.25, 0.3) is 11.3 Å². The van der Waals surface area contributed by atoms with Crippen LogP contribution in [0, 0.1) is 0 Å². The van der Waals surface area contributed by atoms with Crippen LogP contribution in [0.2, 0.25) is 0 Å². The second-order valence-electron chi connectivity index (χ2n) is 7.97. The van der Waals surface area contributed by atoms with Crippen LogP contribution >= 0.6 is 0 Å². The summed E-state index contributed by atoms with van der Waals surface area (Å²) in [6, 6.07) is 10.1. The number of carbonyl (C=O) groups is 1. The smallest absolute Gasteiger partial charge is 0.335 e. The Hall–Kier alpha value is -4.03. The minimum absolute atomic E-state index is 0.191. The fraction of sp³-hybridized carbons (Fsp3) is 0.348. The van der Waals surface area contributed by atoms with Gasteiger partial charge >= 0.3 is 5.97 Å². The second kappa shape index (κ2) is 10.5. The number of hydrazone groups is 1. The maximum Gasteiger partial charge on any atom is 0.335 e. The van der Waals surface area contributed by atoms with Gasteiger partial charge in [0.2, 0.25) is 17.8 Å². The number of rotatable bonds is 7. The van der Waals surface area contributed by atoms with Crippen LogP contribution in [-0.2, 0) is 9.47 Å². The van der Waals surface area contributed by atoms with E-state index >= 15 is 0 Å². The number of benzene rings is 1. The van der Waals surface area contributed by atoms with Crippen LogP contribution < -0.4 is 15.2 Å². The van der Waals surface area contributed by atoms with E-state index in [4.69, 9.17) is 13.9 Å². The molecular weight excluding hydrogens is 454 g/mol. The lowest BCUT2D eigenvalue weighted by atomic mass is 10.1. The number of aromatic nitrogens is 3. The summed E-state index contributed by atoms with van der Waals surface area (Å²) in [5, 5.41) is 13.4. The topological polar surface area (TPSA) is 138 Å². The molecular formula is C23H25N7O5. The van der Waals surface area contributed by atoms with Gasteiger partial charge in [0, 0.05) is 25.2 Å². The van der Waals surface area contributed by atoms with Crippen LogP contribution in [0.15, 0.2) is 45.9 Å². The molecule has 0 radical (unpaired) electrons. The Bertz CT molecular complexity index is 1170. The predicted octanol–water partition coefficient (Wildman–Crippen LogP) is 2.30. The third kappa shape index (κ3) is 5.55. The van der Waals surface area contributed by atoms with Gasteiger partial charge in [0.25, 0.3) is 0 Å². The molecule has 182 valence electrons. The first kappa shape index (κ1) is 22.7. The minimum atomic E-state index is -0.992. The standard InChI is InChI=1S/C23H25N7O5/c31-20(32)17-4-1-3-16(13-17)19-6-5-18(35-19)14-24-28-21-25-22(29-8-11-33-12-9-29)27-23(26-21)30-7-2-10-34-15-30/h1,3-6,13-14H,2,7-12,15H2,(H,31,32)(H,25,26,27,28). The van der Waals surface area contributed by atoms with E-state index in [9.17, 15) is 9.90 Å². The van der Waals surface area contributed by atoms with Crippen LogP contribution in [0.3, 0.4) is 0 Å². The van der Waals surface area contributed by atoms with E-state index in [1.54, 1.807) is 30.3 Å². The van der Waals surface area contributed by atoms with E-state index in [-0.39, 0.29) is 5.56 Å². The molecule has 2 saturated heterocycles. The highest BCUT2D eigenvalue weighted by Crippen LogP contribution is 2.23. The normalized spacial score (nSPS) is 16.6. The number of morpholine rings is 1. The molecule has 0 aliphatic carbocycles. The zero-order valence-corrected chi connectivity index (χ0v) is 19.0. The van der Waals surface area contributed by atoms with Crippen molar-refractivity contribution in [1.29, 1.82) is 0 Å². The number of ether oxygens (including phenoxy) is 2. The molecule has 2 N–H and O–H groups in total. The number of carboxylic acids is 1. The van der Waals surface area contributed by atoms with Gasteiger partial charge in [-0.3, -0.25) is 0 Å². The van der Waals surface area contributed by atoms with Gasteiger partial charge in [-0.1, -0.05) is 12.1 Å². The largest absolute Gasteiger partial charge is 0.478 e. The minimum Gasteiger partial charge on any atom is -0.478 e. The van der Waals surface area contributed by atoms with Gasteiger partial charge in [0.05, 0.1) is 31.6 Å². The number of anilines is 3. The molecule has 1 aromatic carbocycles. The summed E-state index contributed by atoms with van der Waals surface area (Å²) < 4.78 is 16.8. The molecule has 4 heterocycles. The zero-order chi connectivity index (χ0) is 24.0. The molecule has 5 rings (SSSR count). The van der Waals surface area contributed by atoms with Gasteiger partial charge in [-0.2, -0.15) is 20.1 Å². The molecule has 2 aromatic heterocycles. The van der Waals surface area contributed by atoms with Gasteiger partial charge in [-0.15, -0.1) is 0 Å². The first-order valence-electron chi connectivity index (χ1n) is 11.3. The molecule has 0 atom stereocenters. The van der Waals surface area contributed by atoms with Crippen LogP contribution in [0.5, 0.6) is 0 Å². The maximum absolute atomic E-state index is 11.2. The number of hydrogen-bond donors (Lipinski definition) is 2. The van der Waals surface area contributed by atoms with Gasteiger partial charge in [-0.05, 0) is 30.7 Å². The van der Waals surface area contributed by atoms with E-state index in [2.05, 4.69) is 30.4 Å². The van der Waals surface area contributed by atoms with Gasteiger partial charge < -0.3 is 28.8 Å². The third-order valence-corrected chi connectivity index (χ3v) is 5.53. The van der Waals surface area contributed by atoms with E-state index < -0.39 is 5.97 Å². The molecule has 12 heteroatoms. The van der Waals surface area contributed by atoms with Crippen molar-refractivity contribution in [3.63, 3.8) is 0 Å². The number of aromatic carboxylic acids is 1. The van der Waals surface area contributed by atoms with Crippen molar-refractivity contribution in [3.05, 3.63) is 47.7 Å². The predicted molar refractivity (Wildman–Crippen MR) is 128 cm³/mol. The molecule has 0 bridgehead atoms. The molecule has 0 unspecified atom stereocenters. The van der Waals surface area contributed by atoms with Crippen LogP contribution in [0.1, 0.15) is 22.5 Å². The number of nitrogens with one attached hydrogen (secondary N) is 1. The highest BCUT2D eigenvalue weighted by atomic mass is 16.5. The van der Waals surface area contributed by atoms with Crippen molar-refractivity contribution < 1.29 is 23.8 Å². The van der Waals surface area contributed by atoms with Gasteiger partial charge in [0.15, 0.2) is 0 Å². The number of furan rings is 1. The average Bonchev–Trinajstić information content (AvgIpc) is 3.39. The lowest BCUT2D eigenvalue weighted by Crippen LogP contribution is -2.39. The van der Waals surface area contributed by atoms with Crippen LogP contribution in [0.4, 0.5) is 17.8 Å². The van der Waals surface area contributed by atoms with Gasteiger partial charge in [-0.25, -0.2) is 10.2 Å². The summed E-state index contributed by atoms with van der Waals surface area (Å²) in [7, 11) is 0. The van der Waals surface area contributed by atoms with E-state index in [0.717, 1.165) is 19.6 Å². The van der Waals surface area contributed by atoms with E-state index in [0.29, 0.717) is 68.0 Å². The molecule has 35 heavy (non-hydrogen) atoms. The van der Waals surface area contributed by atoms with Crippen molar-refractivity contribution in [1.82, 2.24) is 15.0 Å². The highest BCUT2D eigenvalue weighted by molar-refractivity contribution is 5.89. The Morgan fingerprint density at radius 2 is 1.83 bits per heavy atom. The van der Waals surface area contributed by atoms with E-state index in [1.165, 1.54) is 12.3 Å². The number of hydrogen-bond acceptors (Lipinski definition) is 11. The third-order valence-electron chi connectivity index (χ3n) is 5.53. The molecule has 0 amide bonds. The van der Waals surface area contributed by atoms with Crippen molar-refractivity contribution in [2.75, 3.05) is 61.4 Å². The number of nitrogens with zero attached hydrogens (tertiary/aromatic N) is 6. The summed E-state index contributed by atoms with van der Waals surface area (Å²) in [5.41, 5.74) is 3.73. The molecule has 12 nitrogen and oxygen atoms in total. The summed E-state index contributed by atoms with van der Waals surface area (Å²) in [4.78, 5) is 28.9. The highest BCUT2D eigenvalue weighted by Gasteiger charge is 2.20. The molecule has 2 fully saturated rings. The Morgan fingerprint density at radius 3 is 2.60 bits per heavy atom. The molecule has 3 aromatic rings. The summed E-state index contributed by atoms with van der Waals surface area (Å²) in [6.07, 6.45) is 2.40. The van der Waals surface area contributed by atoms with Crippen molar-refractivity contribution in [2.45, 2.75) is 6.42 Å². The van der Waals surface area contributed by atoms with Crippen molar-refractivity contribution >= 4 is 30.0 Å². The number of carboxylic acid groups (broad SMARTS) is 1. The first-order valence-corrected chi connectivity index (χ1v) is 11.3. The molecule has 2 aliphatic heterocycles. The van der Waals surface area contributed by atoms with Crippen LogP contribution in [-0.4, -0.2) is 78.4 Å². The van der Waals surface area contributed by atoms with Crippen molar-refractivity contribution in [3.8, 4) is 11.3 Å². The van der Waals surface area contributed by atoms with Gasteiger partial charge in [0.1, 0.15) is 18.3 Å². The van der Waals surface area contributed by atoms with E-state index in [1.807, 2.05) is 4.90 Å². The Labute approximate surface area is 201 Å². The monoisotopic (exact) mass is 479 g/mol.